The molecule has 1 nitrogen and oxygen atoms in total. The molecule has 0 spiro atoms. The molecule has 2 atom stereocenters. The Kier molecular flexibility index (Phi) is 2.24. The molecule has 14 heavy (non-hydrogen) atoms. The molecule has 1 heteroatoms. The number of carbonyl (C=O) groups excluding carboxylic acids is 1. The van der Waals surface area contributed by atoms with E-state index in [1.807, 2.05) is 0 Å². The Morgan fingerprint density at radius 1 is 1.14 bits per heavy atom. The largest absolute Gasteiger partial charge is 0.299 e. The van der Waals surface area contributed by atoms with E-state index < -0.39 is 0 Å². The van der Waals surface area contributed by atoms with Gasteiger partial charge in [-0.3, -0.25) is 4.79 Å². The normalized spacial score (nSPS) is 41.9. The lowest BCUT2D eigenvalue weighted by Gasteiger charge is -2.52. The number of rotatable bonds is 0. The molecule has 0 saturated heterocycles. The Bertz CT molecular complexity index is 254. The SMILES string of the molecule is CC1(C)C(=O)CC[C@]2(C)CCCC[C@@H]12. The van der Waals surface area contributed by atoms with Gasteiger partial charge in [0.2, 0.25) is 0 Å². The molecule has 0 aliphatic heterocycles. The number of carbonyl (C=O) groups is 1. The van der Waals surface area contributed by atoms with Crippen LogP contribution in [0.4, 0.5) is 0 Å². The minimum absolute atomic E-state index is 0.0482. The van der Waals surface area contributed by atoms with Gasteiger partial charge in [-0.15, -0.1) is 0 Å². The molecule has 0 bridgehead atoms. The third-order valence-electron chi connectivity index (χ3n) is 4.84. The van der Waals surface area contributed by atoms with E-state index in [9.17, 15) is 4.79 Å². The molecule has 0 radical (unpaired) electrons. The first-order valence-electron chi connectivity index (χ1n) is 6.00. The molecule has 80 valence electrons. The van der Waals surface area contributed by atoms with Crippen LogP contribution in [-0.4, -0.2) is 5.78 Å². The van der Waals surface area contributed by atoms with E-state index in [2.05, 4.69) is 20.8 Å². The summed E-state index contributed by atoms with van der Waals surface area (Å²) in [7, 11) is 0. The fraction of sp³-hybridized carbons (Fsp3) is 0.923. The van der Waals surface area contributed by atoms with E-state index >= 15 is 0 Å². The van der Waals surface area contributed by atoms with Crippen LogP contribution >= 0.6 is 0 Å². The fourth-order valence-corrected chi connectivity index (χ4v) is 3.85. The molecule has 2 aliphatic rings. The summed E-state index contributed by atoms with van der Waals surface area (Å²) in [4.78, 5) is 11.9. The average molecular weight is 194 g/mol. The third-order valence-corrected chi connectivity index (χ3v) is 4.84. The van der Waals surface area contributed by atoms with E-state index in [0.29, 0.717) is 17.1 Å². The van der Waals surface area contributed by atoms with Crippen LogP contribution in [0.1, 0.15) is 59.3 Å². The molecule has 0 aromatic carbocycles. The van der Waals surface area contributed by atoms with Gasteiger partial charge in [-0.2, -0.15) is 0 Å². The van der Waals surface area contributed by atoms with Gasteiger partial charge in [-0.1, -0.05) is 33.6 Å². The second-order valence-corrected chi connectivity index (χ2v) is 6.10. The fourth-order valence-electron chi connectivity index (χ4n) is 3.85. The Morgan fingerprint density at radius 3 is 2.57 bits per heavy atom. The summed E-state index contributed by atoms with van der Waals surface area (Å²) in [6.07, 6.45) is 7.28. The molecule has 0 aromatic rings. The molecule has 0 amide bonds. The number of Topliss-reactive ketones (excluding diaryl/α,β-unsaturated/α-hetero) is 1. The van der Waals surface area contributed by atoms with E-state index in [4.69, 9.17) is 0 Å². The Balaban J connectivity index is 2.30. The monoisotopic (exact) mass is 194 g/mol. The highest BCUT2D eigenvalue weighted by Gasteiger charge is 2.51. The van der Waals surface area contributed by atoms with E-state index in [0.717, 1.165) is 12.8 Å². The highest BCUT2D eigenvalue weighted by Crippen LogP contribution is 2.56. The highest BCUT2D eigenvalue weighted by atomic mass is 16.1. The van der Waals surface area contributed by atoms with Gasteiger partial charge in [0, 0.05) is 11.8 Å². The van der Waals surface area contributed by atoms with Gasteiger partial charge in [0.05, 0.1) is 0 Å². The first-order chi connectivity index (χ1) is 6.47. The first-order valence-corrected chi connectivity index (χ1v) is 6.00. The predicted octanol–water partition coefficient (Wildman–Crippen LogP) is 3.57. The van der Waals surface area contributed by atoms with Gasteiger partial charge >= 0.3 is 0 Å². The van der Waals surface area contributed by atoms with Crippen LogP contribution < -0.4 is 0 Å². The van der Waals surface area contributed by atoms with Crippen molar-refractivity contribution in [1.82, 2.24) is 0 Å². The van der Waals surface area contributed by atoms with Crippen LogP contribution in [0, 0.1) is 16.7 Å². The second-order valence-electron chi connectivity index (χ2n) is 6.10. The van der Waals surface area contributed by atoms with Crippen molar-refractivity contribution in [2.24, 2.45) is 16.7 Å². The van der Waals surface area contributed by atoms with Crippen LogP contribution in [0.25, 0.3) is 0 Å². The molecule has 2 fully saturated rings. The zero-order chi connectivity index (χ0) is 10.4. The topological polar surface area (TPSA) is 17.1 Å². The number of ketones is 1. The molecule has 0 heterocycles. The van der Waals surface area contributed by atoms with Gasteiger partial charge < -0.3 is 0 Å². The highest BCUT2D eigenvalue weighted by molar-refractivity contribution is 5.85. The maximum Gasteiger partial charge on any atom is 0.138 e. The Morgan fingerprint density at radius 2 is 1.86 bits per heavy atom. The standard InChI is InChI=1S/C13H22O/c1-12(2)10-6-4-5-8-13(10,3)9-7-11(12)14/h10H,4-9H2,1-3H3/t10-,13-/m0/s1. The minimum atomic E-state index is -0.0482. The Labute approximate surface area is 87.3 Å². The van der Waals surface area contributed by atoms with Crippen molar-refractivity contribution in [2.75, 3.05) is 0 Å². The third kappa shape index (κ3) is 1.32. The molecule has 0 aromatic heterocycles. The van der Waals surface area contributed by atoms with E-state index in [1.165, 1.54) is 25.7 Å². The van der Waals surface area contributed by atoms with Crippen LogP contribution in [-0.2, 0) is 4.79 Å². The number of hydrogen-bond acceptors (Lipinski definition) is 1. The summed E-state index contributed by atoms with van der Waals surface area (Å²) in [5, 5.41) is 0. The first kappa shape index (κ1) is 10.2. The molecule has 0 N–H and O–H groups in total. The maximum atomic E-state index is 11.9. The second kappa shape index (κ2) is 3.08. The molecular formula is C13H22O. The lowest BCUT2D eigenvalue weighted by Crippen LogP contribution is -2.48. The van der Waals surface area contributed by atoms with Crippen LogP contribution in [0.15, 0.2) is 0 Å². The number of fused-ring (bicyclic) bond motifs is 1. The van der Waals surface area contributed by atoms with Crippen molar-refractivity contribution in [2.45, 2.75) is 59.3 Å². The molecule has 0 unspecified atom stereocenters. The van der Waals surface area contributed by atoms with Crippen molar-refractivity contribution in [3.05, 3.63) is 0 Å². The summed E-state index contributed by atoms with van der Waals surface area (Å²) < 4.78 is 0. The van der Waals surface area contributed by atoms with Crippen molar-refractivity contribution < 1.29 is 4.79 Å². The van der Waals surface area contributed by atoms with Crippen molar-refractivity contribution >= 4 is 5.78 Å². The summed E-state index contributed by atoms with van der Waals surface area (Å²) >= 11 is 0. The van der Waals surface area contributed by atoms with Crippen LogP contribution in [0.2, 0.25) is 0 Å². The lowest BCUT2D eigenvalue weighted by atomic mass is 9.51. The van der Waals surface area contributed by atoms with E-state index in [1.54, 1.807) is 0 Å². The van der Waals surface area contributed by atoms with Crippen molar-refractivity contribution in [1.29, 1.82) is 0 Å². The predicted molar refractivity (Wildman–Crippen MR) is 58.1 cm³/mol. The summed E-state index contributed by atoms with van der Waals surface area (Å²) in [5.74, 6) is 1.15. The molecule has 2 aliphatic carbocycles. The zero-order valence-corrected chi connectivity index (χ0v) is 9.73. The minimum Gasteiger partial charge on any atom is -0.299 e. The molecular weight excluding hydrogens is 172 g/mol. The van der Waals surface area contributed by atoms with Gasteiger partial charge in [-0.25, -0.2) is 0 Å². The maximum absolute atomic E-state index is 11.9. The summed E-state index contributed by atoms with van der Waals surface area (Å²) in [5.41, 5.74) is 0.420. The van der Waals surface area contributed by atoms with Gasteiger partial charge in [-0.05, 0) is 30.6 Å². The smallest absolute Gasteiger partial charge is 0.138 e. The lowest BCUT2D eigenvalue weighted by molar-refractivity contribution is -0.142. The van der Waals surface area contributed by atoms with Crippen LogP contribution in [0.5, 0.6) is 0 Å². The molecule has 2 saturated carbocycles. The van der Waals surface area contributed by atoms with Gasteiger partial charge in [0.25, 0.3) is 0 Å². The number of hydrogen-bond donors (Lipinski definition) is 0. The average Bonchev–Trinajstić information content (AvgIpc) is 2.13. The van der Waals surface area contributed by atoms with E-state index in [-0.39, 0.29) is 5.41 Å². The van der Waals surface area contributed by atoms with Gasteiger partial charge in [0.1, 0.15) is 5.78 Å². The zero-order valence-electron chi connectivity index (χ0n) is 9.73. The summed E-state index contributed by atoms with van der Waals surface area (Å²) in [6.45, 7) is 6.75. The summed E-state index contributed by atoms with van der Waals surface area (Å²) in [6, 6.07) is 0. The van der Waals surface area contributed by atoms with Crippen LogP contribution in [0.3, 0.4) is 0 Å². The van der Waals surface area contributed by atoms with Gasteiger partial charge in [0.15, 0.2) is 0 Å². The quantitative estimate of drug-likeness (QED) is 0.576. The van der Waals surface area contributed by atoms with Crippen molar-refractivity contribution in [3.63, 3.8) is 0 Å². The Hall–Kier alpha value is -0.330. The van der Waals surface area contributed by atoms with Crippen molar-refractivity contribution in [3.8, 4) is 0 Å². The molecule has 2 rings (SSSR count).